The second-order valence-electron chi connectivity index (χ2n) is 6.45. The van der Waals surface area contributed by atoms with E-state index in [0.717, 1.165) is 31.2 Å². The van der Waals surface area contributed by atoms with Gasteiger partial charge < -0.3 is 4.74 Å². The SMILES string of the molecule is O=C(OCCCCCC=C(c1ccccc1)c1cccnc1)c1cccnc1. The summed E-state index contributed by atoms with van der Waals surface area (Å²) in [6.45, 7) is 0.436. The molecule has 0 aliphatic rings. The van der Waals surface area contributed by atoms with E-state index in [0.29, 0.717) is 12.2 Å². The van der Waals surface area contributed by atoms with E-state index >= 15 is 0 Å². The molecule has 2 aromatic heterocycles. The number of benzene rings is 1. The van der Waals surface area contributed by atoms with Crippen LogP contribution in [0.25, 0.3) is 5.57 Å². The van der Waals surface area contributed by atoms with Crippen molar-refractivity contribution in [3.05, 3.63) is 102 Å². The molecule has 0 saturated heterocycles. The standard InChI is InChI=1S/C24H24N2O2/c27-24(22-13-9-16-26-19-22)28-17-7-2-1-6-14-23(20-10-4-3-5-11-20)21-12-8-15-25-18-21/h3-5,8-16,18-19H,1-2,6-7,17H2. The normalized spacial score (nSPS) is 11.2. The minimum atomic E-state index is -0.309. The van der Waals surface area contributed by atoms with Crippen LogP contribution in [0.5, 0.6) is 0 Å². The summed E-state index contributed by atoms with van der Waals surface area (Å²) in [5, 5.41) is 0. The molecule has 3 aromatic rings. The first-order valence-corrected chi connectivity index (χ1v) is 9.58. The van der Waals surface area contributed by atoms with E-state index in [1.807, 2.05) is 18.3 Å². The molecular formula is C24H24N2O2. The fourth-order valence-electron chi connectivity index (χ4n) is 2.94. The minimum Gasteiger partial charge on any atom is -0.462 e. The summed E-state index contributed by atoms with van der Waals surface area (Å²) in [6.07, 6.45) is 13.0. The van der Waals surface area contributed by atoms with Crippen molar-refractivity contribution < 1.29 is 9.53 Å². The Morgan fingerprint density at radius 1 is 0.786 bits per heavy atom. The highest BCUT2D eigenvalue weighted by Gasteiger charge is 2.06. The number of rotatable bonds is 9. The highest BCUT2D eigenvalue weighted by Crippen LogP contribution is 2.23. The number of pyridine rings is 2. The number of aromatic nitrogens is 2. The Morgan fingerprint density at radius 3 is 2.14 bits per heavy atom. The third kappa shape index (κ3) is 5.88. The van der Waals surface area contributed by atoms with Gasteiger partial charge in [0, 0.05) is 30.4 Å². The molecule has 0 fully saturated rings. The van der Waals surface area contributed by atoms with E-state index in [2.05, 4.69) is 46.4 Å². The Bertz CT molecular complexity index is 837. The lowest BCUT2D eigenvalue weighted by atomic mass is 9.97. The van der Waals surface area contributed by atoms with Crippen LogP contribution in [0.15, 0.2) is 85.5 Å². The molecule has 0 N–H and O–H groups in total. The van der Waals surface area contributed by atoms with E-state index in [1.54, 1.807) is 24.5 Å². The third-order valence-corrected chi connectivity index (χ3v) is 4.38. The van der Waals surface area contributed by atoms with Gasteiger partial charge in [-0.1, -0.05) is 42.5 Å². The van der Waals surface area contributed by atoms with Crippen LogP contribution >= 0.6 is 0 Å². The van der Waals surface area contributed by atoms with Gasteiger partial charge in [-0.25, -0.2) is 4.79 Å². The number of esters is 1. The first-order chi connectivity index (χ1) is 13.8. The first-order valence-electron chi connectivity index (χ1n) is 9.58. The van der Waals surface area contributed by atoms with Gasteiger partial charge in [-0.3, -0.25) is 9.97 Å². The number of nitrogens with zero attached hydrogens (tertiary/aromatic N) is 2. The zero-order chi connectivity index (χ0) is 19.4. The molecule has 0 amide bonds. The summed E-state index contributed by atoms with van der Waals surface area (Å²) in [5.41, 5.74) is 4.02. The second kappa shape index (κ2) is 10.8. The summed E-state index contributed by atoms with van der Waals surface area (Å²) in [4.78, 5) is 20.0. The predicted octanol–water partition coefficient (Wildman–Crippen LogP) is 5.33. The highest BCUT2D eigenvalue weighted by atomic mass is 16.5. The van der Waals surface area contributed by atoms with Crippen molar-refractivity contribution in [3.8, 4) is 0 Å². The molecule has 0 unspecified atom stereocenters. The summed E-state index contributed by atoms with van der Waals surface area (Å²) >= 11 is 0. The lowest BCUT2D eigenvalue weighted by molar-refractivity contribution is 0.0497. The summed E-state index contributed by atoms with van der Waals surface area (Å²) < 4.78 is 5.29. The van der Waals surface area contributed by atoms with Gasteiger partial charge >= 0.3 is 5.97 Å². The summed E-state index contributed by atoms with van der Waals surface area (Å²) in [6, 6.07) is 17.9. The van der Waals surface area contributed by atoms with Crippen LogP contribution in [0.1, 0.15) is 47.2 Å². The molecule has 0 aliphatic heterocycles. The molecule has 0 saturated carbocycles. The summed E-state index contributed by atoms with van der Waals surface area (Å²) in [7, 11) is 0. The molecule has 1 aromatic carbocycles. The number of allylic oxidation sites excluding steroid dienone is 1. The van der Waals surface area contributed by atoms with Crippen molar-refractivity contribution in [3.63, 3.8) is 0 Å². The number of unbranched alkanes of at least 4 members (excludes halogenated alkanes) is 3. The Labute approximate surface area is 165 Å². The number of ether oxygens (including phenoxy) is 1. The predicted molar refractivity (Wildman–Crippen MR) is 111 cm³/mol. The lowest BCUT2D eigenvalue weighted by Gasteiger charge is -2.08. The Morgan fingerprint density at radius 2 is 1.46 bits per heavy atom. The highest BCUT2D eigenvalue weighted by molar-refractivity contribution is 5.88. The topological polar surface area (TPSA) is 52.1 Å². The van der Waals surface area contributed by atoms with Gasteiger partial charge in [0.25, 0.3) is 0 Å². The maximum Gasteiger partial charge on any atom is 0.339 e. The monoisotopic (exact) mass is 372 g/mol. The first kappa shape index (κ1) is 19.5. The van der Waals surface area contributed by atoms with Crippen molar-refractivity contribution in [1.29, 1.82) is 0 Å². The average molecular weight is 372 g/mol. The summed E-state index contributed by atoms with van der Waals surface area (Å²) in [5.74, 6) is -0.309. The van der Waals surface area contributed by atoms with E-state index in [4.69, 9.17) is 4.74 Å². The largest absolute Gasteiger partial charge is 0.462 e. The number of carbonyl (C=O) groups excluding carboxylic acids is 1. The van der Waals surface area contributed by atoms with Crippen LogP contribution in [0.3, 0.4) is 0 Å². The van der Waals surface area contributed by atoms with Gasteiger partial charge in [-0.15, -0.1) is 0 Å². The maximum absolute atomic E-state index is 11.9. The molecule has 0 radical (unpaired) electrons. The molecule has 4 nitrogen and oxygen atoms in total. The molecule has 2 heterocycles. The molecular weight excluding hydrogens is 348 g/mol. The van der Waals surface area contributed by atoms with Gasteiger partial charge in [0.15, 0.2) is 0 Å². The van der Waals surface area contributed by atoms with Crippen LogP contribution in [-0.2, 0) is 4.74 Å². The Balaban J connectivity index is 1.46. The Kier molecular flexibility index (Phi) is 7.50. The zero-order valence-electron chi connectivity index (χ0n) is 15.8. The number of hydrogen-bond donors (Lipinski definition) is 0. The van der Waals surface area contributed by atoms with Gasteiger partial charge in [0.1, 0.15) is 0 Å². The van der Waals surface area contributed by atoms with Crippen molar-refractivity contribution >= 4 is 11.5 Å². The van der Waals surface area contributed by atoms with Crippen LogP contribution in [0.4, 0.5) is 0 Å². The molecule has 4 heteroatoms. The number of hydrogen-bond acceptors (Lipinski definition) is 4. The number of carbonyl (C=O) groups is 1. The molecule has 0 bridgehead atoms. The van der Waals surface area contributed by atoms with Gasteiger partial charge in [0.2, 0.25) is 0 Å². The molecule has 28 heavy (non-hydrogen) atoms. The van der Waals surface area contributed by atoms with E-state index in [9.17, 15) is 4.79 Å². The van der Waals surface area contributed by atoms with Gasteiger partial charge in [-0.2, -0.15) is 0 Å². The zero-order valence-corrected chi connectivity index (χ0v) is 15.8. The minimum absolute atomic E-state index is 0.309. The fourth-order valence-corrected chi connectivity index (χ4v) is 2.94. The smallest absolute Gasteiger partial charge is 0.339 e. The average Bonchev–Trinajstić information content (AvgIpc) is 2.77. The van der Waals surface area contributed by atoms with E-state index in [1.165, 1.54) is 17.3 Å². The van der Waals surface area contributed by atoms with Crippen LogP contribution in [0.2, 0.25) is 0 Å². The second-order valence-corrected chi connectivity index (χ2v) is 6.45. The van der Waals surface area contributed by atoms with E-state index in [-0.39, 0.29) is 5.97 Å². The lowest BCUT2D eigenvalue weighted by Crippen LogP contribution is -2.06. The van der Waals surface area contributed by atoms with Crippen molar-refractivity contribution in [2.45, 2.75) is 25.7 Å². The molecule has 0 atom stereocenters. The van der Waals surface area contributed by atoms with Crippen LogP contribution in [0, 0.1) is 0 Å². The molecule has 3 rings (SSSR count). The fraction of sp³-hybridized carbons (Fsp3) is 0.208. The van der Waals surface area contributed by atoms with Crippen LogP contribution < -0.4 is 0 Å². The maximum atomic E-state index is 11.9. The van der Waals surface area contributed by atoms with Crippen LogP contribution in [-0.4, -0.2) is 22.5 Å². The van der Waals surface area contributed by atoms with Crippen molar-refractivity contribution in [2.24, 2.45) is 0 Å². The van der Waals surface area contributed by atoms with Crippen molar-refractivity contribution in [2.75, 3.05) is 6.61 Å². The molecule has 0 spiro atoms. The van der Waals surface area contributed by atoms with Gasteiger partial charge in [0.05, 0.1) is 12.2 Å². The van der Waals surface area contributed by atoms with Gasteiger partial charge in [-0.05, 0) is 55.0 Å². The third-order valence-electron chi connectivity index (χ3n) is 4.38. The Hall–Kier alpha value is -3.27. The quantitative estimate of drug-likeness (QED) is 0.376. The van der Waals surface area contributed by atoms with Crippen molar-refractivity contribution in [1.82, 2.24) is 9.97 Å². The molecule has 0 aliphatic carbocycles. The van der Waals surface area contributed by atoms with E-state index < -0.39 is 0 Å². The molecule has 142 valence electrons.